The summed E-state index contributed by atoms with van der Waals surface area (Å²) in [5.41, 5.74) is 0.0118. The Morgan fingerprint density at radius 1 is 1.23 bits per heavy atom. The minimum Gasteiger partial charge on any atom is -0.451 e. The quantitative estimate of drug-likeness (QED) is 0.653. The smallest absolute Gasteiger partial charge is 0.327 e. The SMILES string of the molecule is CC(OC(=O)CN1C(=O)c2ccccc2S1(=O)=O)C(=O)N1CCOCC1. The third-order valence-electron chi connectivity index (χ3n) is 4.16. The fourth-order valence-corrected chi connectivity index (χ4v) is 4.34. The van der Waals surface area contributed by atoms with Crippen molar-refractivity contribution in [1.82, 2.24) is 9.21 Å². The van der Waals surface area contributed by atoms with Gasteiger partial charge in [-0.3, -0.25) is 14.4 Å². The lowest BCUT2D eigenvalue weighted by Gasteiger charge is -2.29. The van der Waals surface area contributed by atoms with Crippen LogP contribution in [0.3, 0.4) is 0 Å². The molecule has 1 aromatic rings. The Bertz CT molecular complexity index is 846. The minimum absolute atomic E-state index is 0.0118. The van der Waals surface area contributed by atoms with Crippen molar-refractivity contribution in [2.75, 3.05) is 32.8 Å². The Labute approximate surface area is 150 Å². The highest BCUT2D eigenvalue weighted by Gasteiger charge is 2.42. The van der Waals surface area contributed by atoms with Gasteiger partial charge in [0, 0.05) is 13.1 Å². The third kappa shape index (κ3) is 3.29. The number of carbonyl (C=O) groups excluding carboxylic acids is 3. The molecule has 3 rings (SSSR count). The number of amides is 2. The van der Waals surface area contributed by atoms with Crippen LogP contribution in [0.4, 0.5) is 0 Å². The number of hydrogen-bond donors (Lipinski definition) is 0. The first-order chi connectivity index (χ1) is 12.3. The van der Waals surface area contributed by atoms with Gasteiger partial charge in [-0.15, -0.1) is 0 Å². The van der Waals surface area contributed by atoms with Crippen molar-refractivity contribution in [3.63, 3.8) is 0 Å². The van der Waals surface area contributed by atoms with Crippen molar-refractivity contribution in [1.29, 1.82) is 0 Å². The Morgan fingerprint density at radius 3 is 2.54 bits per heavy atom. The molecule has 0 radical (unpaired) electrons. The van der Waals surface area contributed by atoms with Crippen LogP contribution in [0.15, 0.2) is 29.2 Å². The number of benzene rings is 1. The number of nitrogens with zero attached hydrogens (tertiary/aromatic N) is 2. The van der Waals surface area contributed by atoms with E-state index in [0.717, 1.165) is 0 Å². The van der Waals surface area contributed by atoms with Gasteiger partial charge in [-0.2, -0.15) is 0 Å². The molecular formula is C16H18N2O7S. The summed E-state index contributed by atoms with van der Waals surface area (Å²) < 4.78 is 35.5. The molecule has 0 saturated carbocycles. The van der Waals surface area contributed by atoms with Gasteiger partial charge in [-0.1, -0.05) is 12.1 Å². The third-order valence-corrected chi connectivity index (χ3v) is 5.95. The zero-order valence-corrected chi connectivity index (χ0v) is 14.9. The topological polar surface area (TPSA) is 110 Å². The summed E-state index contributed by atoms with van der Waals surface area (Å²) in [5, 5.41) is 0. The number of hydrogen-bond acceptors (Lipinski definition) is 7. The average molecular weight is 382 g/mol. The second kappa shape index (κ2) is 7.04. The summed E-state index contributed by atoms with van der Waals surface area (Å²) in [6, 6.07) is 5.72. The van der Waals surface area contributed by atoms with Crippen LogP contribution in [0, 0.1) is 0 Å². The molecular weight excluding hydrogens is 364 g/mol. The van der Waals surface area contributed by atoms with Crippen LogP contribution in [0.5, 0.6) is 0 Å². The number of sulfonamides is 1. The summed E-state index contributed by atoms with van der Waals surface area (Å²) in [7, 11) is -4.10. The van der Waals surface area contributed by atoms with Crippen LogP contribution < -0.4 is 0 Å². The van der Waals surface area contributed by atoms with E-state index in [2.05, 4.69) is 0 Å². The molecule has 2 aliphatic rings. The van der Waals surface area contributed by atoms with Crippen molar-refractivity contribution in [2.24, 2.45) is 0 Å². The summed E-state index contributed by atoms with van der Waals surface area (Å²) in [4.78, 5) is 38.0. The number of fused-ring (bicyclic) bond motifs is 1. The molecule has 0 aromatic heterocycles. The van der Waals surface area contributed by atoms with Crippen LogP contribution >= 0.6 is 0 Å². The van der Waals surface area contributed by atoms with Crippen LogP contribution in [0.25, 0.3) is 0 Å². The van der Waals surface area contributed by atoms with E-state index in [9.17, 15) is 22.8 Å². The van der Waals surface area contributed by atoms with Gasteiger partial charge in [0.1, 0.15) is 11.4 Å². The highest BCUT2D eigenvalue weighted by atomic mass is 32.2. The molecule has 1 aromatic carbocycles. The van der Waals surface area contributed by atoms with Gasteiger partial charge in [0.15, 0.2) is 6.10 Å². The first-order valence-corrected chi connectivity index (χ1v) is 9.48. The summed E-state index contributed by atoms with van der Waals surface area (Å²) in [6.45, 7) is 2.24. The second-order valence-electron chi connectivity index (χ2n) is 5.88. The van der Waals surface area contributed by atoms with Crippen molar-refractivity contribution in [3.05, 3.63) is 29.8 Å². The molecule has 2 aliphatic heterocycles. The maximum atomic E-state index is 12.4. The highest BCUT2D eigenvalue weighted by Crippen LogP contribution is 2.29. The minimum atomic E-state index is -4.10. The van der Waals surface area contributed by atoms with Crippen LogP contribution in [-0.4, -0.2) is 74.4 Å². The van der Waals surface area contributed by atoms with Crippen molar-refractivity contribution in [3.8, 4) is 0 Å². The van der Waals surface area contributed by atoms with Crippen molar-refractivity contribution in [2.45, 2.75) is 17.9 Å². The lowest BCUT2D eigenvalue weighted by atomic mass is 10.2. The van der Waals surface area contributed by atoms with Gasteiger partial charge in [0.05, 0.1) is 18.8 Å². The Morgan fingerprint density at radius 2 is 1.88 bits per heavy atom. The van der Waals surface area contributed by atoms with Gasteiger partial charge >= 0.3 is 5.97 Å². The van der Waals surface area contributed by atoms with Crippen molar-refractivity contribution < 1.29 is 32.3 Å². The van der Waals surface area contributed by atoms with Gasteiger partial charge < -0.3 is 14.4 Å². The van der Waals surface area contributed by atoms with E-state index < -0.39 is 34.5 Å². The molecule has 1 unspecified atom stereocenters. The molecule has 1 saturated heterocycles. The monoisotopic (exact) mass is 382 g/mol. The zero-order chi connectivity index (χ0) is 18.9. The first-order valence-electron chi connectivity index (χ1n) is 8.04. The van der Waals surface area contributed by atoms with Crippen molar-refractivity contribution >= 4 is 27.8 Å². The molecule has 1 atom stereocenters. The normalized spacial score (nSPS) is 19.8. The Kier molecular flexibility index (Phi) is 4.97. The van der Waals surface area contributed by atoms with Gasteiger partial charge in [-0.05, 0) is 19.1 Å². The summed E-state index contributed by atoms with van der Waals surface area (Å²) >= 11 is 0. The molecule has 0 spiro atoms. The Balaban J connectivity index is 1.65. The number of esters is 1. The lowest BCUT2D eigenvalue weighted by molar-refractivity contribution is -0.160. The molecule has 10 heteroatoms. The molecule has 0 N–H and O–H groups in total. The predicted octanol–water partition coefficient (Wildman–Crippen LogP) is -0.378. The number of rotatable bonds is 4. The lowest BCUT2D eigenvalue weighted by Crippen LogP contribution is -2.46. The first kappa shape index (κ1) is 18.3. The van der Waals surface area contributed by atoms with E-state index in [1.807, 2.05) is 0 Å². The molecule has 9 nitrogen and oxygen atoms in total. The predicted molar refractivity (Wildman–Crippen MR) is 87.6 cm³/mol. The zero-order valence-electron chi connectivity index (χ0n) is 14.1. The summed E-state index contributed by atoms with van der Waals surface area (Å²) in [5.74, 6) is -2.14. The van der Waals surface area contributed by atoms with E-state index in [1.165, 1.54) is 36.1 Å². The van der Waals surface area contributed by atoms with Gasteiger partial charge in [0.2, 0.25) is 0 Å². The Hall–Kier alpha value is -2.46. The fourth-order valence-electron chi connectivity index (χ4n) is 2.83. The number of carbonyl (C=O) groups is 3. The van der Waals surface area contributed by atoms with E-state index in [-0.39, 0.29) is 16.4 Å². The second-order valence-corrected chi connectivity index (χ2v) is 7.71. The molecule has 26 heavy (non-hydrogen) atoms. The molecule has 2 heterocycles. The molecule has 2 amide bonds. The van der Waals surface area contributed by atoms with Gasteiger partial charge in [-0.25, -0.2) is 12.7 Å². The van der Waals surface area contributed by atoms with E-state index in [4.69, 9.17) is 9.47 Å². The average Bonchev–Trinajstić information content (AvgIpc) is 2.83. The summed E-state index contributed by atoms with van der Waals surface area (Å²) in [6.07, 6.45) is -1.08. The highest BCUT2D eigenvalue weighted by molar-refractivity contribution is 7.90. The van der Waals surface area contributed by atoms with E-state index in [1.54, 1.807) is 0 Å². The standard InChI is InChI=1S/C16H18N2O7S/c1-11(15(20)17-6-8-24-9-7-17)25-14(19)10-18-16(21)12-4-2-3-5-13(12)26(18,22)23/h2-5,11H,6-10H2,1H3. The molecule has 140 valence electrons. The molecule has 1 fully saturated rings. The number of morpholine rings is 1. The van der Waals surface area contributed by atoms with E-state index in [0.29, 0.717) is 30.6 Å². The molecule has 0 aliphatic carbocycles. The number of ether oxygens (including phenoxy) is 2. The maximum Gasteiger partial charge on any atom is 0.327 e. The van der Waals surface area contributed by atoms with Crippen LogP contribution in [0.2, 0.25) is 0 Å². The maximum absolute atomic E-state index is 12.4. The largest absolute Gasteiger partial charge is 0.451 e. The van der Waals surface area contributed by atoms with Gasteiger partial charge in [0.25, 0.3) is 21.8 Å². The van der Waals surface area contributed by atoms with E-state index >= 15 is 0 Å². The van der Waals surface area contributed by atoms with Crippen LogP contribution in [-0.2, 0) is 29.1 Å². The fraction of sp³-hybridized carbons (Fsp3) is 0.438. The molecule has 0 bridgehead atoms. The van der Waals surface area contributed by atoms with Crippen LogP contribution in [0.1, 0.15) is 17.3 Å².